The van der Waals surface area contributed by atoms with Gasteiger partial charge in [-0.25, -0.2) is 4.79 Å². The maximum Gasteiger partial charge on any atom is 0.323 e. The van der Waals surface area contributed by atoms with Crippen molar-refractivity contribution in [3.63, 3.8) is 0 Å². The second-order valence-electron chi connectivity index (χ2n) is 10.7. The molecule has 1 heterocycles. The highest BCUT2D eigenvalue weighted by molar-refractivity contribution is 6.01. The van der Waals surface area contributed by atoms with Crippen LogP contribution >= 0.6 is 0 Å². The third-order valence-corrected chi connectivity index (χ3v) is 7.28. The number of benzene rings is 2. The summed E-state index contributed by atoms with van der Waals surface area (Å²) in [5, 5.41) is 14.9. The molecule has 0 saturated carbocycles. The summed E-state index contributed by atoms with van der Waals surface area (Å²) in [4.78, 5) is 53.0. The van der Waals surface area contributed by atoms with Crippen molar-refractivity contribution in [3.8, 4) is 5.75 Å². The second-order valence-corrected chi connectivity index (χ2v) is 10.7. The molecule has 10 nitrogen and oxygen atoms in total. The van der Waals surface area contributed by atoms with Crippen molar-refractivity contribution in [1.29, 1.82) is 0 Å². The number of hydrogen-bond donors (Lipinski definition) is 3. The lowest BCUT2D eigenvalue weighted by atomic mass is 9.88. The summed E-state index contributed by atoms with van der Waals surface area (Å²) in [7, 11) is 1.53. The van der Waals surface area contributed by atoms with Crippen LogP contribution in [0, 0.1) is 12.3 Å². The van der Waals surface area contributed by atoms with Gasteiger partial charge in [0.25, 0.3) is 0 Å². The molecule has 0 aromatic heterocycles. The molecule has 3 N–H and O–H groups in total. The Kier molecular flexibility index (Phi) is 10.5. The zero-order valence-corrected chi connectivity index (χ0v) is 23.8. The molecule has 1 saturated heterocycles. The van der Waals surface area contributed by atoms with E-state index in [0.717, 1.165) is 16.8 Å². The van der Waals surface area contributed by atoms with Gasteiger partial charge >= 0.3 is 12.0 Å². The predicted molar refractivity (Wildman–Crippen MR) is 154 cm³/mol. The number of anilines is 2. The van der Waals surface area contributed by atoms with Crippen molar-refractivity contribution >= 4 is 35.2 Å². The number of amides is 4. The van der Waals surface area contributed by atoms with Crippen molar-refractivity contribution < 1.29 is 29.0 Å². The molecule has 1 aliphatic heterocycles. The largest absolute Gasteiger partial charge is 0.495 e. The first kappa shape index (κ1) is 30.5. The van der Waals surface area contributed by atoms with Crippen LogP contribution in [-0.2, 0) is 20.8 Å². The molecule has 0 atom stereocenters. The average Bonchev–Trinajstić information content (AvgIpc) is 3.19. The van der Waals surface area contributed by atoms with E-state index in [4.69, 9.17) is 4.74 Å². The van der Waals surface area contributed by atoms with Crippen LogP contribution in [0.3, 0.4) is 0 Å². The highest BCUT2D eigenvalue weighted by Crippen LogP contribution is 2.27. The van der Waals surface area contributed by atoms with E-state index in [1.165, 1.54) is 7.11 Å². The van der Waals surface area contributed by atoms with Gasteiger partial charge in [0, 0.05) is 44.7 Å². The summed E-state index contributed by atoms with van der Waals surface area (Å²) in [6.45, 7) is 7.18. The van der Waals surface area contributed by atoms with Crippen LogP contribution < -0.4 is 15.4 Å². The van der Waals surface area contributed by atoms with Crippen LogP contribution in [0.15, 0.2) is 42.5 Å². The number of carboxylic acid groups (broad SMARTS) is 1. The summed E-state index contributed by atoms with van der Waals surface area (Å²) < 4.78 is 5.48. The van der Waals surface area contributed by atoms with E-state index in [-0.39, 0.29) is 30.7 Å². The van der Waals surface area contributed by atoms with E-state index in [9.17, 15) is 24.3 Å². The molecule has 2 aromatic carbocycles. The molecule has 4 amide bonds. The van der Waals surface area contributed by atoms with E-state index < -0.39 is 11.4 Å². The Balaban J connectivity index is 1.50. The summed E-state index contributed by atoms with van der Waals surface area (Å²) in [6, 6.07) is 12.6. The van der Waals surface area contributed by atoms with E-state index >= 15 is 0 Å². The lowest BCUT2D eigenvalue weighted by molar-refractivity contribution is -0.147. The Hall–Kier alpha value is -4.08. The lowest BCUT2D eigenvalue weighted by Crippen LogP contribution is -2.38. The fourth-order valence-corrected chi connectivity index (χ4v) is 4.49. The van der Waals surface area contributed by atoms with Crippen LogP contribution in [0.1, 0.15) is 50.7 Å². The minimum atomic E-state index is -0.950. The van der Waals surface area contributed by atoms with Gasteiger partial charge in [-0.3, -0.25) is 14.4 Å². The minimum absolute atomic E-state index is 0.0140. The third kappa shape index (κ3) is 8.46. The number of aryl methyl sites for hydroxylation is 2. The fourth-order valence-electron chi connectivity index (χ4n) is 4.49. The van der Waals surface area contributed by atoms with Crippen LogP contribution in [0.5, 0.6) is 5.75 Å². The van der Waals surface area contributed by atoms with E-state index in [2.05, 4.69) is 10.6 Å². The van der Waals surface area contributed by atoms with Gasteiger partial charge in [0.05, 0.1) is 18.2 Å². The van der Waals surface area contributed by atoms with Crippen molar-refractivity contribution in [1.82, 2.24) is 9.80 Å². The molecule has 0 spiro atoms. The van der Waals surface area contributed by atoms with Gasteiger partial charge in [0.15, 0.2) is 0 Å². The van der Waals surface area contributed by atoms with Gasteiger partial charge in [0.1, 0.15) is 5.75 Å². The zero-order valence-electron chi connectivity index (χ0n) is 23.8. The molecular weight excluding hydrogens is 512 g/mol. The number of nitrogens with zero attached hydrogens (tertiary/aromatic N) is 2. The van der Waals surface area contributed by atoms with Crippen molar-refractivity contribution in [2.75, 3.05) is 43.9 Å². The standard InChI is InChI=1S/C30H40N4O6/c1-21-8-5-6-9-23(21)31-29(39)32-24-12-10-22(20-25(24)40-4)11-13-26(35)33-16-7-17-34(19-18-33)27(36)14-15-30(2,3)28(37)38/h5-6,8-10,12,20H,7,11,13-19H2,1-4H3,(H,37,38)(H2,31,32,39). The first-order chi connectivity index (χ1) is 19.0. The number of aliphatic carboxylic acids is 1. The highest BCUT2D eigenvalue weighted by Gasteiger charge is 2.29. The number of carbonyl (C=O) groups is 4. The number of urea groups is 1. The molecule has 2 aromatic rings. The normalized spacial score (nSPS) is 13.8. The van der Waals surface area contributed by atoms with Crippen LogP contribution in [-0.4, -0.2) is 72.0 Å². The van der Waals surface area contributed by atoms with Gasteiger partial charge in [0.2, 0.25) is 11.8 Å². The summed E-state index contributed by atoms with van der Waals surface area (Å²) in [5.74, 6) is -0.475. The van der Waals surface area contributed by atoms with Gasteiger partial charge in [-0.15, -0.1) is 0 Å². The van der Waals surface area contributed by atoms with Gasteiger partial charge in [-0.1, -0.05) is 24.3 Å². The maximum absolute atomic E-state index is 13.0. The Morgan fingerprint density at radius 3 is 2.15 bits per heavy atom. The summed E-state index contributed by atoms with van der Waals surface area (Å²) in [5.41, 5.74) is 2.15. The summed E-state index contributed by atoms with van der Waals surface area (Å²) >= 11 is 0. The molecular formula is C30H40N4O6. The monoisotopic (exact) mass is 552 g/mol. The number of ether oxygens (including phenoxy) is 1. The molecule has 0 radical (unpaired) electrons. The first-order valence-corrected chi connectivity index (χ1v) is 13.6. The number of rotatable bonds is 10. The van der Waals surface area contributed by atoms with E-state index in [0.29, 0.717) is 56.9 Å². The molecule has 1 aliphatic rings. The smallest absolute Gasteiger partial charge is 0.323 e. The van der Waals surface area contributed by atoms with Gasteiger partial charge < -0.3 is 30.3 Å². The topological polar surface area (TPSA) is 128 Å². The third-order valence-electron chi connectivity index (χ3n) is 7.28. The molecule has 3 rings (SSSR count). The number of nitrogens with one attached hydrogen (secondary N) is 2. The zero-order chi connectivity index (χ0) is 29.3. The predicted octanol–water partition coefficient (Wildman–Crippen LogP) is 4.53. The molecule has 0 unspecified atom stereocenters. The highest BCUT2D eigenvalue weighted by atomic mass is 16.5. The van der Waals surface area contributed by atoms with E-state index in [1.54, 1.807) is 29.7 Å². The first-order valence-electron chi connectivity index (χ1n) is 13.6. The Bertz CT molecular complexity index is 1230. The van der Waals surface area contributed by atoms with E-state index in [1.807, 2.05) is 43.3 Å². The molecule has 10 heteroatoms. The number of para-hydroxylation sites is 1. The number of hydrogen-bond acceptors (Lipinski definition) is 5. The van der Waals surface area contributed by atoms with Gasteiger partial charge in [-0.05, 0) is 69.4 Å². The molecule has 40 heavy (non-hydrogen) atoms. The SMILES string of the molecule is COc1cc(CCC(=O)N2CCCN(C(=O)CCC(C)(C)C(=O)O)CC2)ccc1NC(=O)Nc1ccccc1C. The van der Waals surface area contributed by atoms with Crippen molar-refractivity contribution in [2.45, 2.75) is 52.9 Å². The summed E-state index contributed by atoms with van der Waals surface area (Å²) in [6.07, 6.45) is 1.94. The Labute approximate surface area is 235 Å². The molecule has 1 fully saturated rings. The maximum atomic E-state index is 13.0. The average molecular weight is 553 g/mol. The van der Waals surface area contributed by atoms with Crippen molar-refractivity contribution in [3.05, 3.63) is 53.6 Å². The second kappa shape index (κ2) is 13.8. The van der Waals surface area contributed by atoms with Crippen LogP contribution in [0.25, 0.3) is 0 Å². The Morgan fingerprint density at radius 1 is 0.900 bits per heavy atom. The number of methoxy groups -OCH3 is 1. The quantitative estimate of drug-likeness (QED) is 0.397. The molecule has 0 aliphatic carbocycles. The van der Waals surface area contributed by atoms with Crippen LogP contribution in [0.4, 0.5) is 16.2 Å². The molecule has 216 valence electrons. The minimum Gasteiger partial charge on any atom is -0.495 e. The lowest BCUT2D eigenvalue weighted by Gasteiger charge is -2.24. The van der Waals surface area contributed by atoms with Crippen LogP contribution in [0.2, 0.25) is 0 Å². The Morgan fingerprint density at radius 2 is 1.52 bits per heavy atom. The molecule has 0 bridgehead atoms. The van der Waals surface area contributed by atoms with Crippen molar-refractivity contribution in [2.24, 2.45) is 5.41 Å². The fraction of sp³-hybridized carbons (Fsp3) is 0.467. The number of carbonyl (C=O) groups excluding carboxylic acids is 3. The van der Waals surface area contributed by atoms with Gasteiger partial charge in [-0.2, -0.15) is 0 Å². The number of carboxylic acids is 1.